The second-order valence-corrected chi connectivity index (χ2v) is 4.50. The Bertz CT molecular complexity index is 144. The molecule has 1 aliphatic heterocycles. The zero-order valence-corrected chi connectivity index (χ0v) is 8.50. The molecule has 2 nitrogen and oxygen atoms in total. The quantitative estimate of drug-likeness (QED) is 0.656. The van der Waals surface area contributed by atoms with Gasteiger partial charge in [0.05, 0.1) is 18.8 Å². The van der Waals surface area contributed by atoms with E-state index in [0.29, 0.717) is 12.2 Å². The van der Waals surface area contributed by atoms with Crippen LogP contribution in [0.5, 0.6) is 0 Å². The summed E-state index contributed by atoms with van der Waals surface area (Å²) >= 11 is 0. The summed E-state index contributed by atoms with van der Waals surface area (Å²) in [6.45, 7) is 4.06. The first-order chi connectivity index (χ1) is 6.34. The van der Waals surface area contributed by atoms with E-state index in [0.717, 1.165) is 25.6 Å². The number of ether oxygens (including phenoxy) is 2. The molecule has 1 saturated heterocycles. The highest BCUT2D eigenvalue weighted by Gasteiger charge is 2.24. The zero-order chi connectivity index (χ0) is 9.10. The molecule has 2 heteroatoms. The summed E-state index contributed by atoms with van der Waals surface area (Å²) in [5.74, 6) is 0.916. The number of hydrogen-bond donors (Lipinski definition) is 0. The molecule has 0 N–H and O–H groups in total. The van der Waals surface area contributed by atoms with Crippen molar-refractivity contribution >= 4 is 0 Å². The Morgan fingerprint density at radius 1 is 1.00 bits per heavy atom. The minimum atomic E-state index is 0.401. The van der Waals surface area contributed by atoms with Gasteiger partial charge in [0.2, 0.25) is 0 Å². The molecule has 1 saturated carbocycles. The van der Waals surface area contributed by atoms with E-state index in [1.54, 1.807) is 0 Å². The third-order valence-corrected chi connectivity index (χ3v) is 3.24. The SMILES string of the molecule is CC1CCC(OC2CCOC2)CC1. The molecule has 2 aliphatic rings. The van der Waals surface area contributed by atoms with Crippen molar-refractivity contribution in [3.8, 4) is 0 Å². The van der Waals surface area contributed by atoms with E-state index < -0.39 is 0 Å². The van der Waals surface area contributed by atoms with Gasteiger partial charge in [0.25, 0.3) is 0 Å². The summed E-state index contributed by atoms with van der Waals surface area (Å²) in [6.07, 6.45) is 7.25. The van der Waals surface area contributed by atoms with Gasteiger partial charge in [0.1, 0.15) is 0 Å². The Hall–Kier alpha value is -0.0800. The Morgan fingerprint density at radius 2 is 1.77 bits per heavy atom. The number of rotatable bonds is 2. The van der Waals surface area contributed by atoms with Gasteiger partial charge in [-0.25, -0.2) is 0 Å². The minimum absolute atomic E-state index is 0.401. The van der Waals surface area contributed by atoms with Crippen LogP contribution in [-0.2, 0) is 9.47 Å². The van der Waals surface area contributed by atoms with E-state index in [9.17, 15) is 0 Å². The zero-order valence-electron chi connectivity index (χ0n) is 8.50. The van der Waals surface area contributed by atoms with E-state index in [1.165, 1.54) is 25.7 Å². The standard InChI is InChI=1S/C11H20O2/c1-9-2-4-10(5-3-9)13-11-6-7-12-8-11/h9-11H,2-8H2,1H3. The van der Waals surface area contributed by atoms with Gasteiger partial charge in [0, 0.05) is 6.61 Å². The van der Waals surface area contributed by atoms with Gasteiger partial charge in [-0.1, -0.05) is 6.92 Å². The van der Waals surface area contributed by atoms with Gasteiger partial charge in [-0.2, -0.15) is 0 Å². The Balaban J connectivity index is 1.69. The lowest BCUT2D eigenvalue weighted by Crippen LogP contribution is -2.26. The van der Waals surface area contributed by atoms with E-state index in [2.05, 4.69) is 6.92 Å². The maximum Gasteiger partial charge on any atom is 0.0834 e. The van der Waals surface area contributed by atoms with Crippen molar-refractivity contribution in [3.05, 3.63) is 0 Å². The molecule has 0 aromatic heterocycles. The molecule has 0 aromatic carbocycles. The molecular formula is C11H20O2. The van der Waals surface area contributed by atoms with Crippen molar-refractivity contribution in [2.75, 3.05) is 13.2 Å². The van der Waals surface area contributed by atoms with Crippen LogP contribution in [0.4, 0.5) is 0 Å². The number of hydrogen-bond acceptors (Lipinski definition) is 2. The van der Waals surface area contributed by atoms with Crippen molar-refractivity contribution in [3.63, 3.8) is 0 Å². The lowest BCUT2D eigenvalue weighted by molar-refractivity contribution is -0.0372. The summed E-state index contributed by atoms with van der Waals surface area (Å²) in [4.78, 5) is 0. The second-order valence-electron chi connectivity index (χ2n) is 4.50. The van der Waals surface area contributed by atoms with Gasteiger partial charge in [-0.3, -0.25) is 0 Å². The van der Waals surface area contributed by atoms with E-state index in [4.69, 9.17) is 9.47 Å². The minimum Gasteiger partial charge on any atom is -0.379 e. The average Bonchev–Trinajstić information content (AvgIpc) is 2.62. The fourth-order valence-corrected chi connectivity index (χ4v) is 2.26. The molecule has 76 valence electrons. The summed E-state index contributed by atoms with van der Waals surface area (Å²) in [7, 11) is 0. The van der Waals surface area contributed by atoms with Crippen LogP contribution in [0, 0.1) is 5.92 Å². The largest absolute Gasteiger partial charge is 0.379 e. The third-order valence-electron chi connectivity index (χ3n) is 3.24. The Morgan fingerprint density at radius 3 is 2.38 bits per heavy atom. The summed E-state index contributed by atoms with van der Waals surface area (Å²) in [5, 5.41) is 0. The molecule has 0 amide bonds. The Labute approximate surface area is 80.6 Å². The highest BCUT2D eigenvalue weighted by atomic mass is 16.5. The van der Waals surface area contributed by atoms with Crippen LogP contribution in [0.15, 0.2) is 0 Å². The highest BCUT2D eigenvalue weighted by Crippen LogP contribution is 2.27. The fourth-order valence-electron chi connectivity index (χ4n) is 2.26. The van der Waals surface area contributed by atoms with Crippen LogP contribution in [0.25, 0.3) is 0 Å². The normalized spacial score (nSPS) is 40.8. The van der Waals surface area contributed by atoms with Crippen LogP contribution in [0.2, 0.25) is 0 Å². The molecule has 0 radical (unpaired) electrons. The van der Waals surface area contributed by atoms with Gasteiger partial charge in [-0.15, -0.1) is 0 Å². The topological polar surface area (TPSA) is 18.5 Å². The van der Waals surface area contributed by atoms with Gasteiger partial charge in [0.15, 0.2) is 0 Å². The maximum atomic E-state index is 5.98. The van der Waals surface area contributed by atoms with E-state index in [-0.39, 0.29) is 0 Å². The maximum absolute atomic E-state index is 5.98. The predicted octanol–water partition coefficient (Wildman–Crippen LogP) is 2.37. The molecule has 1 unspecified atom stereocenters. The third kappa shape index (κ3) is 2.68. The first kappa shape index (κ1) is 9.47. The molecule has 0 spiro atoms. The monoisotopic (exact) mass is 184 g/mol. The van der Waals surface area contributed by atoms with Gasteiger partial charge >= 0.3 is 0 Å². The van der Waals surface area contributed by atoms with Crippen molar-refractivity contribution in [2.45, 2.75) is 51.2 Å². The fraction of sp³-hybridized carbons (Fsp3) is 1.00. The van der Waals surface area contributed by atoms with Crippen LogP contribution in [0.1, 0.15) is 39.0 Å². The van der Waals surface area contributed by atoms with Crippen LogP contribution >= 0.6 is 0 Å². The van der Waals surface area contributed by atoms with E-state index >= 15 is 0 Å². The van der Waals surface area contributed by atoms with Crippen LogP contribution in [0.3, 0.4) is 0 Å². The van der Waals surface area contributed by atoms with Gasteiger partial charge in [-0.05, 0) is 38.0 Å². The molecule has 0 aromatic rings. The molecule has 1 heterocycles. The molecule has 13 heavy (non-hydrogen) atoms. The molecule has 1 aliphatic carbocycles. The highest BCUT2D eigenvalue weighted by molar-refractivity contribution is 4.73. The smallest absolute Gasteiger partial charge is 0.0834 e. The summed E-state index contributed by atoms with van der Waals surface area (Å²) in [5.41, 5.74) is 0. The average molecular weight is 184 g/mol. The lowest BCUT2D eigenvalue weighted by Gasteiger charge is -2.28. The van der Waals surface area contributed by atoms with E-state index in [1.807, 2.05) is 0 Å². The Kier molecular flexibility index (Phi) is 3.23. The van der Waals surface area contributed by atoms with Crippen molar-refractivity contribution < 1.29 is 9.47 Å². The van der Waals surface area contributed by atoms with Crippen molar-refractivity contribution in [1.82, 2.24) is 0 Å². The molecule has 2 fully saturated rings. The van der Waals surface area contributed by atoms with Crippen LogP contribution < -0.4 is 0 Å². The van der Waals surface area contributed by atoms with Gasteiger partial charge < -0.3 is 9.47 Å². The lowest BCUT2D eigenvalue weighted by atomic mass is 9.89. The predicted molar refractivity (Wildman–Crippen MR) is 51.7 cm³/mol. The van der Waals surface area contributed by atoms with Crippen molar-refractivity contribution in [2.24, 2.45) is 5.92 Å². The summed E-state index contributed by atoms with van der Waals surface area (Å²) < 4.78 is 11.3. The van der Waals surface area contributed by atoms with Crippen molar-refractivity contribution in [1.29, 1.82) is 0 Å². The summed E-state index contributed by atoms with van der Waals surface area (Å²) in [6, 6.07) is 0. The molecule has 0 bridgehead atoms. The van der Waals surface area contributed by atoms with Crippen LogP contribution in [-0.4, -0.2) is 25.4 Å². The first-order valence-electron chi connectivity index (χ1n) is 5.58. The molecule has 1 atom stereocenters. The molecular weight excluding hydrogens is 164 g/mol. The molecule has 2 rings (SSSR count). The first-order valence-corrected chi connectivity index (χ1v) is 5.58. The second kappa shape index (κ2) is 4.43.